The van der Waals surface area contributed by atoms with Crippen molar-refractivity contribution in [1.29, 1.82) is 0 Å². The summed E-state index contributed by atoms with van der Waals surface area (Å²) in [4.78, 5) is 17.9. The fourth-order valence-corrected chi connectivity index (χ4v) is 4.86. The Morgan fingerprint density at radius 3 is 2.76 bits per heavy atom. The summed E-state index contributed by atoms with van der Waals surface area (Å²) >= 11 is 1.94. The van der Waals surface area contributed by atoms with E-state index in [1.807, 2.05) is 28.9 Å². The van der Waals surface area contributed by atoms with Gasteiger partial charge in [0.25, 0.3) is 0 Å². The minimum atomic E-state index is 0.232. The average Bonchev–Trinajstić information content (AvgIpc) is 2.56. The van der Waals surface area contributed by atoms with Gasteiger partial charge in [-0.2, -0.15) is 0 Å². The van der Waals surface area contributed by atoms with E-state index in [0.29, 0.717) is 5.25 Å². The third-order valence-electron chi connectivity index (χ3n) is 4.67. The van der Waals surface area contributed by atoms with E-state index in [2.05, 4.69) is 11.1 Å². The van der Waals surface area contributed by atoms with E-state index in [0.717, 1.165) is 30.8 Å². The van der Waals surface area contributed by atoms with Crippen molar-refractivity contribution in [3.8, 4) is 0 Å². The zero-order valence-corrected chi connectivity index (χ0v) is 13.4. The van der Waals surface area contributed by atoms with Crippen molar-refractivity contribution in [3.05, 3.63) is 23.9 Å². The summed E-state index contributed by atoms with van der Waals surface area (Å²) < 4.78 is 0. The summed E-state index contributed by atoms with van der Waals surface area (Å²) in [5.41, 5.74) is 1.26. The van der Waals surface area contributed by atoms with Crippen molar-refractivity contribution in [1.82, 2.24) is 9.88 Å². The number of rotatable bonds is 4. The van der Waals surface area contributed by atoms with Crippen LogP contribution in [0, 0.1) is 0 Å². The van der Waals surface area contributed by atoms with Crippen LogP contribution in [-0.2, 0) is 4.79 Å². The first-order valence-corrected chi connectivity index (χ1v) is 9.09. The molecular weight excluding hydrogens is 280 g/mol. The highest BCUT2D eigenvalue weighted by molar-refractivity contribution is 7.99. The standard InChI is InChI=1S/C17H24N2OS/c20-13-19-12-5-4-10-16(19)15-9-6-11-18-17(15)21-14-7-2-1-3-8-14/h6,9,11,13-14,16H,1-5,7-8,10,12H2/t16-/m1/s1. The Labute approximate surface area is 131 Å². The zero-order chi connectivity index (χ0) is 14.5. The van der Waals surface area contributed by atoms with Gasteiger partial charge in [-0.15, -0.1) is 11.8 Å². The van der Waals surface area contributed by atoms with E-state index >= 15 is 0 Å². The van der Waals surface area contributed by atoms with Crippen molar-refractivity contribution in [2.45, 2.75) is 67.7 Å². The molecule has 1 amide bonds. The maximum absolute atomic E-state index is 11.3. The van der Waals surface area contributed by atoms with Gasteiger partial charge >= 0.3 is 0 Å². The fraction of sp³-hybridized carbons (Fsp3) is 0.647. The Kier molecular flexibility index (Phi) is 5.17. The van der Waals surface area contributed by atoms with E-state index < -0.39 is 0 Å². The van der Waals surface area contributed by atoms with Gasteiger partial charge in [-0.1, -0.05) is 25.3 Å². The first-order chi connectivity index (χ1) is 10.4. The van der Waals surface area contributed by atoms with Gasteiger partial charge < -0.3 is 4.90 Å². The molecule has 1 aromatic heterocycles. The number of thioether (sulfide) groups is 1. The molecule has 1 aromatic rings. The minimum absolute atomic E-state index is 0.232. The first-order valence-electron chi connectivity index (χ1n) is 8.21. The van der Waals surface area contributed by atoms with Gasteiger partial charge in [0.2, 0.25) is 6.41 Å². The molecule has 4 heteroatoms. The van der Waals surface area contributed by atoms with Crippen LogP contribution in [0.4, 0.5) is 0 Å². The van der Waals surface area contributed by atoms with Crippen molar-refractivity contribution < 1.29 is 4.79 Å². The molecule has 1 atom stereocenters. The highest BCUT2D eigenvalue weighted by atomic mass is 32.2. The lowest BCUT2D eigenvalue weighted by atomic mass is 9.97. The maximum atomic E-state index is 11.3. The fourth-order valence-electron chi connectivity index (χ4n) is 3.51. The van der Waals surface area contributed by atoms with Gasteiger partial charge in [0.1, 0.15) is 5.03 Å². The second-order valence-electron chi connectivity index (χ2n) is 6.13. The summed E-state index contributed by atoms with van der Waals surface area (Å²) in [5, 5.41) is 1.86. The summed E-state index contributed by atoms with van der Waals surface area (Å²) in [6.07, 6.45) is 13.0. The van der Waals surface area contributed by atoms with Gasteiger partial charge in [-0.05, 0) is 38.2 Å². The monoisotopic (exact) mass is 304 g/mol. The molecular formula is C17H24N2OS. The number of amides is 1. The molecule has 3 rings (SSSR count). The molecule has 0 aromatic carbocycles. The van der Waals surface area contributed by atoms with Crippen molar-refractivity contribution >= 4 is 18.2 Å². The maximum Gasteiger partial charge on any atom is 0.210 e. The van der Waals surface area contributed by atoms with Gasteiger partial charge in [0, 0.05) is 23.6 Å². The lowest BCUT2D eigenvalue weighted by molar-refractivity contribution is -0.121. The number of nitrogens with zero attached hydrogens (tertiary/aromatic N) is 2. The van der Waals surface area contributed by atoms with Crippen molar-refractivity contribution in [3.63, 3.8) is 0 Å². The Balaban J connectivity index is 1.79. The Morgan fingerprint density at radius 1 is 1.14 bits per heavy atom. The van der Waals surface area contributed by atoms with E-state index in [9.17, 15) is 4.79 Å². The quantitative estimate of drug-likeness (QED) is 0.782. The predicted molar refractivity (Wildman–Crippen MR) is 86.3 cm³/mol. The van der Waals surface area contributed by atoms with Gasteiger partial charge in [0.15, 0.2) is 0 Å². The van der Waals surface area contributed by atoms with Crippen LogP contribution in [0.2, 0.25) is 0 Å². The SMILES string of the molecule is O=CN1CCCC[C@@H]1c1cccnc1SC1CCCCC1. The first kappa shape index (κ1) is 14.9. The number of aromatic nitrogens is 1. The van der Waals surface area contributed by atoms with Crippen LogP contribution in [0.3, 0.4) is 0 Å². The van der Waals surface area contributed by atoms with Crippen molar-refractivity contribution in [2.24, 2.45) is 0 Å². The molecule has 2 heterocycles. The van der Waals surface area contributed by atoms with Crippen LogP contribution in [0.5, 0.6) is 0 Å². The lowest BCUT2D eigenvalue weighted by Gasteiger charge is -2.34. The van der Waals surface area contributed by atoms with Gasteiger partial charge in [-0.25, -0.2) is 4.98 Å². The molecule has 0 unspecified atom stereocenters. The molecule has 2 aliphatic rings. The largest absolute Gasteiger partial charge is 0.338 e. The molecule has 1 saturated heterocycles. The number of hydrogen-bond acceptors (Lipinski definition) is 3. The van der Waals surface area contributed by atoms with Crippen LogP contribution in [0.1, 0.15) is 63.0 Å². The lowest BCUT2D eigenvalue weighted by Crippen LogP contribution is -2.32. The normalized spacial score (nSPS) is 24.0. The molecule has 3 nitrogen and oxygen atoms in total. The minimum Gasteiger partial charge on any atom is -0.338 e. The summed E-state index contributed by atoms with van der Waals surface area (Å²) in [7, 11) is 0. The van der Waals surface area contributed by atoms with Crippen LogP contribution in [0.15, 0.2) is 23.4 Å². The number of carbonyl (C=O) groups excluding carboxylic acids is 1. The molecule has 1 saturated carbocycles. The van der Waals surface area contributed by atoms with Crippen molar-refractivity contribution in [2.75, 3.05) is 6.54 Å². The third-order valence-corrected chi connectivity index (χ3v) is 6.04. The molecule has 0 bridgehead atoms. The number of piperidine rings is 1. The number of carbonyl (C=O) groups is 1. The van der Waals surface area contributed by atoms with Crippen LogP contribution in [-0.4, -0.2) is 28.1 Å². The van der Waals surface area contributed by atoms with Crippen LogP contribution in [0.25, 0.3) is 0 Å². The molecule has 0 N–H and O–H groups in total. The molecule has 2 fully saturated rings. The molecule has 0 spiro atoms. The highest BCUT2D eigenvalue weighted by Crippen LogP contribution is 2.39. The Morgan fingerprint density at radius 2 is 1.95 bits per heavy atom. The van der Waals surface area contributed by atoms with Crippen LogP contribution >= 0.6 is 11.8 Å². The third kappa shape index (κ3) is 3.60. The smallest absolute Gasteiger partial charge is 0.210 e. The van der Waals surface area contributed by atoms with Crippen LogP contribution < -0.4 is 0 Å². The molecule has 114 valence electrons. The topological polar surface area (TPSA) is 33.2 Å². The Hall–Kier alpha value is -1.03. The molecule has 0 radical (unpaired) electrons. The van der Waals surface area contributed by atoms with E-state index in [1.54, 1.807) is 0 Å². The number of hydrogen-bond donors (Lipinski definition) is 0. The average molecular weight is 304 g/mol. The predicted octanol–water partition coefficient (Wildman–Crippen LogP) is 4.19. The summed E-state index contributed by atoms with van der Waals surface area (Å²) in [6, 6.07) is 4.42. The van der Waals surface area contributed by atoms with E-state index in [1.165, 1.54) is 44.1 Å². The Bertz CT molecular complexity index is 474. The summed E-state index contributed by atoms with van der Waals surface area (Å²) in [6.45, 7) is 0.886. The van der Waals surface area contributed by atoms with Gasteiger partial charge in [0.05, 0.1) is 6.04 Å². The number of likely N-dealkylation sites (tertiary alicyclic amines) is 1. The van der Waals surface area contributed by atoms with Gasteiger partial charge in [-0.3, -0.25) is 4.79 Å². The molecule has 1 aliphatic carbocycles. The summed E-state index contributed by atoms with van der Waals surface area (Å²) in [5.74, 6) is 0. The number of pyridine rings is 1. The second-order valence-corrected chi connectivity index (χ2v) is 7.42. The zero-order valence-electron chi connectivity index (χ0n) is 12.5. The second kappa shape index (κ2) is 7.30. The molecule has 1 aliphatic heterocycles. The highest BCUT2D eigenvalue weighted by Gasteiger charge is 2.26. The molecule has 21 heavy (non-hydrogen) atoms. The van der Waals surface area contributed by atoms with E-state index in [-0.39, 0.29) is 6.04 Å². The van der Waals surface area contributed by atoms with E-state index in [4.69, 9.17) is 0 Å².